The second-order valence-corrected chi connectivity index (χ2v) is 7.88. The zero-order valence-corrected chi connectivity index (χ0v) is 20.7. The Hall–Kier alpha value is -3.36. The van der Waals surface area contributed by atoms with Crippen molar-refractivity contribution in [2.24, 2.45) is 20.2 Å². The Morgan fingerprint density at radius 1 is 0.735 bits per heavy atom. The van der Waals surface area contributed by atoms with E-state index in [0.717, 1.165) is 48.1 Å². The minimum absolute atomic E-state index is 0. The van der Waals surface area contributed by atoms with E-state index in [1.165, 1.54) is 21.9 Å². The van der Waals surface area contributed by atoms with Crippen LogP contribution in [0.2, 0.25) is 0 Å². The smallest absolute Gasteiger partial charge is 0.212 e. The summed E-state index contributed by atoms with van der Waals surface area (Å²) in [6, 6.07) is 12.7. The molecule has 0 amide bonds. The van der Waals surface area contributed by atoms with E-state index in [1.54, 1.807) is 0 Å². The predicted molar refractivity (Wildman–Crippen MR) is 147 cm³/mol. The summed E-state index contributed by atoms with van der Waals surface area (Å²) in [6.07, 6.45) is 3.80. The van der Waals surface area contributed by atoms with Crippen molar-refractivity contribution in [1.82, 2.24) is 21.5 Å². The number of hydrazone groups is 2. The number of hydrogen-bond acceptors (Lipinski definition) is 8. The minimum Gasteiger partial charge on any atom is -0.353 e. The van der Waals surface area contributed by atoms with Crippen molar-refractivity contribution in [3.8, 4) is 0 Å². The van der Waals surface area contributed by atoms with E-state index in [9.17, 15) is 0 Å². The van der Waals surface area contributed by atoms with E-state index in [0.29, 0.717) is 11.9 Å². The summed E-state index contributed by atoms with van der Waals surface area (Å²) in [5.41, 5.74) is 10.6. The number of rotatable bonds is 4. The molecule has 3 aromatic rings. The SMILES string of the molecule is Cc1ccc(C)c2c(/C=N/NC3=NCCN3)c3ccccc3c(/C=N/NC3=NCCN3)c12.Cl.Cl. The number of fused-ring (bicyclic) bond motifs is 2. The molecule has 2 aliphatic heterocycles. The molecule has 0 saturated carbocycles. The number of hydrogen-bond donors (Lipinski definition) is 4. The summed E-state index contributed by atoms with van der Waals surface area (Å²) in [5, 5.41) is 20.0. The Morgan fingerprint density at radius 3 is 1.56 bits per heavy atom. The third-order valence-electron chi connectivity index (χ3n) is 5.74. The van der Waals surface area contributed by atoms with Gasteiger partial charge in [-0.25, -0.2) is 20.8 Å². The standard InChI is InChI=1S/C24H26N8.2ClH/c1-15-7-8-16(2)22-20(14-30-32-24-27-11-12-28-24)18-6-4-3-5-17(18)19(21(15)22)13-29-31-23-25-9-10-26-23;;/h3-8,13-14H,9-12H2,1-2H3,(H2,25,26,31)(H2,27,28,32);2*1H/b29-13+,30-14+;;. The van der Waals surface area contributed by atoms with Gasteiger partial charge in [-0.2, -0.15) is 10.2 Å². The average Bonchev–Trinajstić information content (AvgIpc) is 3.51. The first-order valence-electron chi connectivity index (χ1n) is 10.8. The van der Waals surface area contributed by atoms with E-state index in [4.69, 9.17) is 0 Å². The van der Waals surface area contributed by atoms with E-state index in [2.05, 4.69) is 91.9 Å². The maximum Gasteiger partial charge on any atom is 0.212 e. The van der Waals surface area contributed by atoms with Crippen molar-refractivity contribution >= 4 is 70.7 Å². The Kier molecular flexibility index (Phi) is 8.31. The normalized spacial score (nSPS) is 15.0. The molecule has 0 unspecified atom stereocenters. The van der Waals surface area contributed by atoms with Gasteiger partial charge in [0.2, 0.25) is 11.9 Å². The summed E-state index contributed by atoms with van der Waals surface area (Å²) >= 11 is 0. The van der Waals surface area contributed by atoms with Gasteiger partial charge in [0.15, 0.2) is 0 Å². The quantitative estimate of drug-likeness (QED) is 0.252. The van der Waals surface area contributed by atoms with Crippen molar-refractivity contribution in [3.05, 3.63) is 58.7 Å². The van der Waals surface area contributed by atoms with Gasteiger partial charge in [-0.3, -0.25) is 0 Å². The van der Waals surface area contributed by atoms with Crippen LogP contribution >= 0.6 is 24.8 Å². The molecule has 0 fully saturated rings. The van der Waals surface area contributed by atoms with E-state index in [1.807, 2.05) is 12.4 Å². The fourth-order valence-electron chi connectivity index (χ4n) is 4.26. The zero-order chi connectivity index (χ0) is 21.9. The predicted octanol–water partition coefficient (Wildman–Crippen LogP) is 3.22. The maximum atomic E-state index is 4.50. The molecule has 178 valence electrons. The van der Waals surface area contributed by atoms with Crippen molar-refractivity contribution in [3.63, 3.8) is 0 Å². The molecule has 4 N–H and O–H groups in total. The molecule has 0 atom stereocenters. The number of aryl methyl sites for hydroxylation is 2. The van der Waals surface area contributed by atoms with Gasteiger partial charge in [-0.05, 0) is 46.5 Å². The highest BCUT2D eigenvalue weighted by Crippen LogP contribution is 2.35. The lowest BCUT2D eigenvalue weighted by atomic mass is 9.88. The Bertz CT molecular complexity index is 1210. The average molecular weight is 499 g/mol. The molecular weight excluding hydrogens is 471 g/mol. The molecule has 8 nitrogen and oxygen atoms in total. The highest BCUT2D eigenvalue weighted by molar-refractivity contribution is 6.22. The Balaban J connectivity index is 0.00000162. The summed E-state index contributed by atoms with van der Waals surface area (Å²) < 4.78 is 0. The van der Waals surface area contributed by atoms with Crippen LogP contribution in [0.1, 0.15) is 22.3 Å². The Labute approximate surface area is 210 Å². The van der Waals surface area contributed by atoms with Gasteiger partial charge in [0.25, 0.3) is 0 Å². The van der Waals surface area contributed by atoms with Gasteiger partial charge in [0.1, 0.15) is 0 Å². The number of nitrogens with zero attached hydrogens (tertiary/aromatic N) is 4. The van der Waals surface area contributed by atoms with Crippen molar-refractivity contribution in [2.45, 2.75) is 13.8 Å². The van der Waals surface area contributed by atoms with Crippen molar-refractivity contribution in [2.75, 3.05) is 26.2 Å². The molecule has 2 aliphatic rings. The van der Waals surface area contributed by atoms with Crippen LogP contribution < -0.4 is 21.5 Å². The van der Waals surface area contributed by atoms with E-state index in [-0.39, 0.29) is 24.8 Å². The van der Waals surface area contributed by atoms with Crippen molar-refractivity contribution < 1.29 is 0 Å². The lowest BCUT2D eigenvalue weighted by molar-refractivity contribution is 0.920. The number of benzene rings is 3. The van der Waals surface area contributed by atoms with Gasteiger partial charge in [0.05, 0.1) is 25.5 Å². The van der Waals surface area contributed by atoms with Crippen LogP contribution in [0.25, 0.3) is 21.5 Å². The Morgan fingerprint density at radius 2 is 1.18 bits per heavy atom. The van der Waals surface area contributed by atoms with Gasteiger partial charge in [-0.1, -0.05) is 36.4 Å². The fourth-order valence-corrected chi connectivity index (χ4v) is 4.26. The first-order chi connectivity index (χ1) is 15.7. The van der Waals surface area contributed by atoms with Crippen LogP contribution in [-0.2, 0) is 0 Å². The number of nitrogens with one attached hydrogen (secondary N) is 4. The molecule has 0 saturated heterocycles. The molecule has 5 rings (SSSR count). The molecule has 0 bridgehead atoms. The number of aliphatic imine (C=N–C) groups is 2. The van der Waals surface area contributed by atoms with E-state index >= 15 is 0 Å². The second kappa shape index (κ2) is 11.2. The highest BCUT2D eigenvalue weighted by atomic mass is 35.5. The minimum atomic E-state index is 0. The van der Waals surface area contributed by atoms with Gasteiger partial charge < -0.3 is 10.6 Å². The molecule has 10 heteroatoms. The lowest BCUT2D eigenvalue weighted by Gasteiger charge is -2.16. The highest BCUT2D eigenvalue weighted by Gasteiger charge is 2.15. The monoisotopic (exact) mass is 498 g/mol. The summed E-state index contributed by atoms with van der Waals surface area (Å²) in [4.78, 5) is 8.69. The second-order valence-electron chi connectivity index (χ2n) is 7.88. The van der Waals surface area contributed by atoms with Crippen LogP contribution in [0, 0.1) is 13.8 Å². The first-order valence-corrected chi connectivity index (χ1v) is 10.8. The largest absolute Gasteiger partial charge is 0.353 e. The topological polar surface area (TPSA) is 97.6 Å². The molecule has 3 aromatic carbocycles. The van der Waals surface area contributed by atoms with E-state index < -0.39 is 0 Å². The third-order valence-corrected chi connectivity index (χ3v) is 5.74. The van der Waals surface area contributed by atoms with Crippen LogP contribution in [-0.4, -0.2) is 50.5 Å². The van der Waals surface area contributed by atoms with Crippen LogP contribution in [0.3, 0.4) is 0 Å². The first kappa shape index (κ1) is 25.3. The molecule has 0 aromatic heterocycles. The number of guanidine groups is 2. The molecule has 0 aliphatic carbocycles. The summed E-state index contributed by atoms with van der Waals surface area (Å²) in [7, 11) is 0. The van der Waals surface area contributed by atoms with Crippen molar-refractivity contribution in [1.29, 1.82) is 0 Å². The van der Waals surface area contributed by atoms with Crippen LogP contribution in [0.4, 0.5) is 0 Å². The molecule has 2 heterocycles. The fraction of sp³-hybridized carbons (Fsp3) is 0.250. The van der Waals surface area contributed by atoms with Gasteiger partial charge >= 0.3 is 0 Å². The van der Waals surface area contributed by atoms with Gasteiger partial charge in [-0.15, -0.1) is 24.8 Å². The lowest BCUT2D eigenvalue weighted by Crippen LogP contribution is -2.30. The summed E-state index contributed by atoms with van der Waals surface area (Å²) in [5.74, 6) is 1.42. The van der Waals surface area contributed by atoms with Crippen LogP contribution in [0.5, 0.6) is 0 Å². The molecule has 34 heavy (non-hydrogen) atoms. The van der Waals surface area contributed by atoms with Crippen LogP contribution in [0.15, 0.2) is 56.6 Å². The number of halogens is 2. The molecule has 0 spiro atoms. The molecule has 0 radical (unpaired) electrons. The third kappa shape index (κ3) is 4.93. The maximum absolute atomic E-state index is 4.50. The summed E-state index contributed by atoms with van der Waals surface area (Å²) in [6.45, 7) is 7.50. The van der Waals surface area contributed by atoms with Gasteiger partial charge in [0, 0.05) is 24.2 Å². The molecular formula is C24H28Cl2N8. The zero-order valence-electron chi connectivity index (χ0n) is 19.1.